The molecule has 0 aliphatic heterocycles. The second-order valence-corrected chi connectivity index (χ2v) is 8.27. The Labute approximate surface area is 175 Å². The molecule has 3 heteroatoms. The van der Waals surface area contributed by atoms with Crippen LogP contribution in [-0.4, -0.2) is 15.0 Å². The second-order valence-electron chi connectivity index (χ2n) is 8.27. The third-order valence-electron chi connectivity index (χ3n) is 6.16. The molecule has 146 valence electrons. The van der Waals surface area contributed by atoms with Gasteiger partial charge in [0.2, 0.25) is 5.91 Å². The van der Waals surface area contributed by atoms with Crippen LogP contribution >= 0.6 is 0 Å². The molecule has 0 spiro atoms. The van der Waals surface area contributed by atoms with E-state index < -0.39 is 0 Å². The van der Waals surface area contributed by atoms with Crippen molar-refractivity contribution in [3.8, 4) is 11.1 Å². The van der Waals surface area contributed by atoms with Crippen LogP contribution < -0.4 is 0 Å². The zero-order valence-electron chi connectivity index (χ0n) is 16.7. The molecule has 0 bridgehead atoms. The standard InChI is InChI=1S/C27H22N2O/c30-27(22-8-9-22)29-15-13-21-7-11-24(17-26(21)29)23-10-6-20-12-14-28(25(20)16-23)18-19-4-2-1-3-5-19/h1-7,10-17,22H,8-9,18H2. The Hall–Kier alpha value is -3.59. The van der Waals surface area contributed by atoms with E-state index in [2.05, 4.69) is 83.6 Å². The molecular formula is C27H22N2O. The number of fused-ring (bicyclic) bond motifs is 2. The number of benzene rings is 3. The molecule has 0 saturated heterocycles. The van der Waals surface area contributed by atoms with Gasteiger partial charge in [-0.2, -0.15) is 0 Å². The summed E-state index contributed by atoms with van der Waals surface area (Å²) >= 11 is 0. The molecule has 0 atom stereocenters. The number of hydrogen-bond donors (Lipinski definition) is 0. The minimum Gasteiger partial charge on any atom is -0.343 e. The maximum Gasteiger partial charge on any atom is 0.234 e. The molecule has 2 heterocycles. The molecule has 1 saturated carbocycles. The molecular weight excluding hydrogens is 368 g/mol. The summed E-state index contributed by atoms with van der Waals surface area (Å²) in [5.41, 5.74) is 5.83. The number of rotatable bonds is 4. The molecule has 30 heavy (non-hydrogen) atoms. The minimum atomic E-state index is 0.210. The number of carbonyl (C=O) groups is 1. The summed E-state index contributed by atoms with van der Waals surface area (Å²) in [7, 11) is 0. The van der Waals surface area contributed by atoms with Crippen molar-refractivity contribution in [1.82, 2.24) is 9.13 Å². The Kier molecular flexibility index (Phi) is 3.88. The number of hydrogen-bond acceptors (Lipinski definition) is 1. The van der Waals surface area contributed by atoms with E-state index in [1.54, 1.807) is 0 Å². The summed E-state index contributed by atoms with van der Waals surface area (Å²) in [6, 6.07) is 27.8. The molecule has 1 aliphatic rings. The average Bonchev–Trinajstić information content (AvgIpc) is 3.44. The Bertz CT molecular complexity index is 1390. The predicted octanol–water partition coefficient (Wildman–Crippen LogP) is 6.36. The van der Waals surface area contributed by atoms with Gasteiger partial charge in [-0.05, 0) is 59.2 Å². The van der Waals surface area contributed by atoms with Crippen LogP contribution in [0.15, 0.2) is 91.3 Å². The largest absolute Gasteiger partial charge is 0.343 e. The quantitative estimate of drug-likeness (QED) is 0.351. The van der Waals surface area contributed by atoms with Crippen molar-refractivity contribution in [3.05, 3.63) is 96.8 Å². The first kappa shape index (κ1) is 17.3. The van der Waals surface area contributed by atoms with Crippen LogP contribution in [0.5, 0.6) is 0 Å². The first-order chi connectivity index (χ1) is 14.8. The van der Waals surface area contributed by atoms with E-state index in [4.69, 9.17) is 0 Å². The van der Waals surface area contributed by atoms with E-state index in [0.29, 0.717) is 0 Å². The van der Waals surface area contributed by atoms with Crippen LogP contribution in [0.25, 0.3) is 32.9 Å². The van der Waals surface area contributed by atoms with Gasteiger partial charge in [0.1, 0.15) is 0 Å². The molecule has 2 aromatic heterocycles. The summed E-state index contributed by atoms with van der Waals surface area (Å²) in [6.45, 7) is 0.853. The topological polar surface area (TPSA) is 26.9 Å². The number of carbonyl (C=O) groups excluding carboxylic acids is 1. The van der Waals surface area contributed by atoms with Gasteiger partial charge >= 0.3 is 0 Å². The highest BCUT2D eigenvalue weighted by molar-refractivity contribution is 5.96. The molecule has 1 fully saturated rings. The first-order valence-corrected chi connectivity index (χ1v) is 10.5. The van der Waals surface area contributed by atoms with Gasteiger partial charge in [0, 0.05) is 35.8 Å². The van der Waals surface area contributed by atoms with Crippen molar-refractivity contribution in [2.24, 2.45) is 5.92 Å². The third-order valence-corrected chi connectivity index (χ3v) is 6.16. The lowest BCUT2D eigenvalue weighted by molar-refractivity contribution is 0.0891. The molecule has 3 aromatic carbocycles. The average molecular weight is 390 g/mol. The fraction of sp³-hybridized carbons (Fsp3) is 0.148. The zero-order chi connectivity index (χ0) is 20.1. The van der Waals surface area contributed by atoms with Crippen LogP contribution in [0, 0.1) is 5.92 Å². The van der Waals surface area contributed by atoms with Crippen LogP contribution in [0.4, 0.5) is 0 Å². The fourth-order valence-corrected chi connectivity index (χ4v) is 4.31. The molecule has 0 amide bonds. The second kappa shape index (κ2) is 6.74. The molecule has 3 nitrogen and oxygen atoms in total. The zero-order valence-corrected chi connectivity index (χ0v) is 16.7. The van der Waals surface area contributed by atoms with Gasteiger partial charge in [0.25, 0.3) is 0 Å². The Morgan fingerprint density at radius 2 is 1.43 bits per heavy atom. The van der Waals surface area contributed by atoms with Crippen LogP contribution in [0.2, 0.25) is 0 Å². The smallest absolute Gasteiger partial charge is 0.234 e. The van der Waals surface area contributed by atoms with Crippen molar-refractivity contribution < 1.29 is 4.79 Å². The van der Waals surface area contributed by atoms with Gasteiger partial charge in [0.15, 0.2) is 0 Å². The Morgan fingerprint density at radius 1 is 0.767 bits per heavy atom. The van der Waals surface area contributed by atoms with Gasteiger partial charge < -0.3 is 4.57 Å². The summed E-state index contributed by atoms with van der Waals surface area (Å²) < 4.78 is 4.14. The van der Waals surface area contributed by atoms with Gasteiger partial charge in [-0.3, -0.25) is 9.36 Å². The van der Waals surface area contributed by atoms with Gasteiger partial charge in [-0.1, -0.05) is 54.6 Å². The van der Waals surface area contributed by atoms with E-state index in [-0.39, 0.29) is 11.8 Å². The molecule has 0 radical (unpaired) electrons. The number of nitrogens with zero attached hydrogens (tertiary/aromatic N) is 2. The normalized spacial score (nSPS) is 13.9. The minimum absolute atomic E-state index is 0.210. The van der Waals surface area contributed by atoms with Gasteiger partial charge in [-0.15, -0.1) is 0 Å². The van der Waals surface area contributed by atoms with Crippen LogP contribution in [0.3, 0.4) is 0 Å². The first-order valence-electron chi connectivity index (χ1n) is 10.5. The maximum atomic E-state index is 12.6. The van der Waals surface area contributed by atoms with E-state index in [1.165, 1.54) is 22.0 Å². The molecule has 1 aliphatic carbocycles. The van der Waals surface area contributed by atoms with E-state index >= 15 is 0 Å². The molecule has 0 N–H and O–H groups in total. The highest BCUT2D eigenvalue weighted by Gasteiger charge is 2.31. The summed E-state index contributed by atoms with van der Waals surface area (Å²) in [6.07, 6.45) is 6.12. The summed E-state index contributed by atoms with van der Waals surface area (Å²) in [4.78, 5) is 12.6. The lowest BCUT2D eigenvalue weighted by Crippen LogP contribution is -2.10. The van der Waals surface area contributed by atoms with Crippen molar-refractivity contribution in [1.29, 1.82) is 0 Å². The summed E-state index contributed by atoms with van der Waals surface area (Å²) in [5, 5.41) is 2.35. The van der Waals surface area contributed by atoms with E-state index in [9.17, 15) is 4.79 Å². The maximum absolute atomic E-state index is 12.6. The predicted molar refractivity (Wildman–Crippen MR) is 122 cm³/mol. The van der Waals surface area contributed by atoms with Crippen molar-refractivity contribution in [2.45, 2.75) is 19.4 Å². The lowest BCUT2D eigenvalue weighted by Gasteiger charge is -2.09. The fourth-order valence-electron chi connectivity index (χ4n) is 4.31. The number of aromatic nitrogens is 2. The van der Waals surface area contributed by atoms with E-state index in [0.717, 1.165) is 35.9 Å². The third kappa shape index (κ3) is 2.94. The Morgan fingerprint density at radius 3 is 2.17 bits per heavy atom. The van der Waals surface area contributed by atoms with Crippen molar-refractivity contribution in [2.75, 3.05) is 0 Å². The lowest BCUT2D eigenvalue weighted by atomic mass is 10.0. The monoisotopic (exact) mass is 390 g/mol. The van der Waals surface area contributed by atoms with E-state index in [1.807, 2.05) is 16.8 Å². The molecule has 6 rings (SSSR count). The van der Waals surface area contributed by atoms with Crippen LogP contribution in [-0.2, 0) is 6.54 Å². The molecule has 0 unspecified atom stereocenters. The highest BCUT2D eigenvalue weighted by Crippen LogP contribution is 2.33. The highest BCUT2D eigenvalue weighted by atomic mass is 16.2. The SMILES string of the molecule is O=C(C1CC1)n1ccc2ccc(-c3ccc4ccn(Cc5ccccc5)c4c3)cc21. The van der Waals surface area contributed by atoms with Crippen molar-refractivity contribution >= 4 is 27.7 Å². The molecule has 5 aromatic rings. The Balaban J connectivity index is 1.41. The van der Waals surface area contributed by atoms with Crippen LogP contribution in [0.1, 0.15) is 23.2 Å². The van der Waals surface area contributed by atoms with Crippen molar-refractivity contribution in [3.63, 3.8) is 0 Å². The van der Waals surface area contributed by atoms with Gasteiger partial charge in [-0.25, -0.2) is 0 Å². The van der Waals surface area contributed by atoms with Gasteiger partial charge in [0.05, 0.1) is 5.52 Å². The summed E-state index contributed by atoms with van der Waals surface area (Å²) in [5.74, 6) is 0.441.